The van der Waals surface area contributed by atoms with Gasteiger partial charge in [0, 0.05) is 16.3 Å². The Morgan fingerprint density at radius 3 is 2.68 bits per heavy atom. The lowest BCUT2D eigenvalue weighted by molar-refractivity contribution is 0.0525. The highest BCUT2D eigenvalue weighted by Gasteiger charge is 2.29. The van der Waals surface area contributed by atoms with E-state index in [-0.39, 0.29) is 5.97 Å². The Kier molecular flexibility index (Phi) is 4.13. The standard InChI is InChI=1S/C18H23NO2S/c1-5-21-18(20)16-14-9-6-11(2)10-15(14)22-17(16)19-12(3)7-8-13(19)4/h7-8,11H,5-6,9-10H2,1-4H3. The van der Waals surface area contributed by atoms with Gasteiger partial charge < -0.3 is 9.30 Å². The zero-order chi connectivity index (χ0) is 15.9. The minimum absolute atomic E-state index is 0.169. The SMILES string of the molecule is CCOC(=O)c1c(-n2c(C)ccc2C)sc2c1CCC(C)C2. The Bertz CT molecular complexity index is 691. The van der Waals surface area contributed by atoms with Crippen LogP contribution in [-0.2, 0) is 17.6 Å². The Morgan fingerprint density at radius 1 is 1.36 bits per heavy atom. The fraction of sp³-hybridized carbons (Fsp3) is 0.500. The minimum atomic E-state index is -0.169. The van der Waals surface area contributed by atoms with Crippen molar-refractivity contribution in [2.24, 2.45) is 5.92 Å². The summed E-state index contributed by atoms with van der Waals surface area (Å²) in [4.78, 5) is 13.9. The minimum Gasteiger partial charge on any atom is -0.462 e. The van der Waals surface area contributed by atoms with Crippen LogP contribution >= 0.6 is 11.3 Å². The van der Waals surface area contributed by atoms with E-state index in [0.29, 0.717) is 12.5 Å². The zero-order valence-corrected chi connectivity index (χ0v) is 14.5. The van der Waals surface area contributed by atoms with E-state index in [2.05, 4.69) is 37.5 Å². The Hall–Kier alpha value is -1.55. The average Bonchev–Trinajstić information content (AvgIpc) is 2.98. The lowest BCUT2D eigenvalue weighted by Crippen LogP contribution is -2.14. The van der Waals surface area contributed by atoms with Crippen LogP contribution in [0.15, 0.2) is 12.1 Å². The van der Waals surface area contributed by atoms with E-state index in [1.165, 1.54) is 10.4 Å². The molecular formula is C18H23NO2S. The van der Waals surface area contributed by atoms with Gasteiger partial charge in [0.05, 0.1) is 12.2 Å². The Morgan fingerprint density at radius 2 is 2.05 bits per heavy atom. The fourth-order valence-electron chi connectivity index (χ4n) is 3.30. The van der Waals surface area contributed by atoms with Crippen LogP contribution in [0.25, 0.3) is 5.00 Å². The summed E-state index contributed by atoms with van der Waals surface area (Å²) in [6, 6.07) is 4.21. The number of carbonyl (C=O) groups is 1. The zero-order valence-electron chi connectivity index (χ0n) is 13.7. The van der Waals surface area contributed by atoms with Crippen molar-refractivity contribution < 1.29 is 9.53 Å². The van der Waals surface area contributed by atoms with E-state index in [0.717, 1.165) is 41.2 Å². The van der Waals surface area contributed by atoms with Gasteiger partial charge >= 0.3 is 5.97 Å². The molecule has 22 heavy (non-hydrogen) atoms. The van der Waals surface area contributed by atoms with Crippen molar-refractivity contribution in [2.75, 3.05) is 6.61 Å². The van der Waals surface area contributed by atoms with E-state index in [1.807, 2.05) is 6.92 Å². The normalized spacial score (nSPS) is 17.4. The number of thiophene rings is 1. The molecule has 2 aromatic rings. The summed E-state index contributed by atoms with van der Waals surface area (Å²) >= 11 is 1.77. The summed E-state index contributed by atoms with van der Waals surface area (Å²) in [5.41, 5.74) is 4.35. The topological polar surface area (TPSA) is 31.2 Å². The van der Waals surface area contributed by atoms with Crippen LogP contribution in [0.1, 0.15) is 52.5 Å². The van der Waals surface area contributed by atoms with Crippen molar-refractivity contribution in [1.82, 2.24) is 4.57 Å². The summed E-state index contributed by atoms with van der Waals surface area (Å²) in [7, 11) is 0. The molecule has 0 aliphatic heterocycles. The molecule has 0 spiro atoms. The molecule has 0 bridgehead atoms. The molecule has 0 fully saturated rings. The second-order valence-electron chi connectivity index (χ2n) is 6.20. The van der Waals surface area contributed by atoms with Crippen molar-refractivity contribution in [3.8, 4) is 5.00 Å². The third kappa shape index (κ3) is 2.50. The Labute approximate surface area is 135 Å². The molecule has 1 aliphatic carbocycles. The number of ether oxygens (including phenoxy) is 1. The van der Waals surface area contributed by atoms with Gasteiger partial charge in [-0.2, -0.15) is 0 Å². The molecule has 3 rings (SSSR count). The van der Waals surface area contributed by atoms with Crippen LogP contribution in [0, 0.1) is 19.8 Å². The molecule has 3 nitrogen and oxygen atoms in total. The molecule has 0 saturated carbocycles. The van der Waals surface area contributed by atoms with E-state index in [9.17, 15) is 4.79 Å². The molecule has 0 N–H and O–H groups in total. The highest BCUT2D eigenvalue weighted by Crippen LogP contribution is 2.39. The van der Waals surface area contributed by atoms with Crippen molar-refractivity contribution >= 4 is 17.3 Å². The molecule has 0 radical (unpaired) electrons. The number of fused-ring (bicyclic) bond motifs is 1. The van der Waals surface area contributed by atoms with Gasteiger partial charge in [0.2, 0.25) is 0 Å². The van der Waals surface area contributed by atoms with E-state index < -0.39 is 0 Å². The van der Waals surface area contributed by atoms with Crippen molar-refractivity contribution in [1.29, 1.82) is 0 Å². The first kappa shape index (κ1) is 15.3. The first-order valence-electron chi connectivity index (χ1n) is 7.99. The van der Waals surface area contributed by atoms with Crippen LogP contribution in [-0.4, -0.2) is 17.1 Å². The Balaban J connectivity index is 2.19. The number of aryl methyl sites for hydroxylation is 2. The molecule has 1 unspecified atom stereocenters. The van der Waals surface area contributed by atoms with Crippen molar-refractivity contribution in [2.45, 2.75) is 47.0 Å². The maximum Gasteiger partial charge on any atom is 0.341 e. The molecule has 2 aromatic heterocycles. The lowest BCUT2D eigenvalue weighted by Gasteiger charge is -2.18. The van der Waals surface area contributed by atoms with Crippen molar-refractivity contribution in [3.05, 3.63) is 39.5 Å². The van der Waals surface area contributed by atoms with Gasteiger partial charge in [-0.3, -0.25) is 0 Å². The first-order chi connectivity index (χ1) is 10.5. The monoisotopic (exact) mass is 317 g/mol. The van der Waals surface area contributed by atoms with Gasteiger partial charge in [0.25, 0.3) is 0 Å². The number of hydrogen-bond acceptors (Lipinski definition) is 3. The highest BCUT2D eigenvalue weighted by molar-refractivity contribution is 7.15. The van der Waals surface area contributed by atoms with Gasteiger partial charge in [-0.05, 0) is 63.6 Å². The molecule has 0 saturated heterocycles. The molecule has 4 heteroatoms. The summed E-state index contributed by atoms with van der Waals surface area (Å²) in [5.74, 6) is 0.526. The third-order valence-electron chi connectivity index (χ3n) is 4.45. The quantitative estimate of drug-likeness (QED) is 0.783. The summed E-state index contributed by atoms with van der Waals surface area (Å²) < 4.78 is 7.55. The molecule has 1 aliphatic rings. The van der Waals surface area contributed by atoms with E-state index in [1.54, 1.807) is 11.3 Å². The number of esters is 1. The van der Waals surface area contributed by atoms with Crippen LogP contribution < -0.4 is 0 Å². The van der Waals surface area contributed by atoms with Crippen LogP contribution in [0.3, 0.4) is 0 Å². The predicted octanol–water partition coefficient (Wildman–Crippen LogP) is 4.46. The second-order valence-corrected chi connectivity index (χ2v) is 7.29. The summed E-state index contributed by atoms with van der Waals surface area (Å²) in [5, 5.41) is 1.04. The first-order valence-corrected chi connectivity index (χ1v) is 8.81. The summed E-state index contributed by atoms with van der Waals surface area (Å²) in [6.45, 7) is 8.75. The fourth-order valence-corrected chi connectivity index (χ4v) is 4.91. The molecule has 118 valence electrons. The number of aromatic nitrogens is 1. The van der Waals surface area contributed by atoms with Crippen LogP contribution in [0.5, 0.6) is 0 Å². The molecular weight excluding hydrogens is 294 g/mol. The average molecular weight is 317 g/mol. The number of carbonyl (C=O) groups excluding carboxylic acids is 1. The maximum absolute atomic E-state index is 12.6. The van der Waals surface area contributed by atoms with Crippen LogP contribution in [0.4, 0.5) is 0 Å². The largest absolute Gasteiger partial charge is 0.462 e. The summed E-state index contributed by atoms with van der Waals surface area (Å²) in [6.07, 6.45) is 3.21. The number of rotatable bonds is 3. The van der Waals surface area contributed by atoms with Gasteiger partial charge in [-0.15, -0.1) is 11.3 Å². The predicted molar refractivity (Wildman–Crippen MR) is 90.3 cm³/mol. The van der Waals surface area contributed by atoms with Crippen LogP contribution in [0.2, 0.25) is 0 Å². The molecule has 1 atom stereocenters. The lowest BCUT2D eigenvalue weighted by atomic mass is 9.88. The molecule has 0 amide bonds. The van der Waals surface area contributed by atoms with Gasteiger partial charge in [-0.25, -0.2) is 4.79 Å². The van der Waals surface area contributed by atoms with E-state index in [4.69, 9.17) is 4.74 Å². The van der Waals surface area contributed by atoms with E-state index >= 15 is 0 Å². The molecule has 0 aromatic carbocycles. The van der Waals surface area contributed by atoms with Crippen molar-refractivity contribution in [3.63, 3.8) is 0 Å². The molecule has 2 heterocycles. The van der Waals surface area contributed by atoms with Gasteiger partial charge in [0.1, 0.15) is 5.00 Å². The third-order valence-corrected chi connectivity index (χ3v) is 5.69. The number of hydrogen-bond donors (Lipinski definition) is 0. The van der Waals surface area contributed by atoms with Gasteiger partial charge in [-0.1, -0.05) is 6.92 Å². The second kappa shape index (κ2) is 5.92. The smallest absolute Gasteiger partial charge is 0.341 e. The van der Waals surface area contributed by atoms with Gasteiger partial charge in [0.15, 0.2) is 0 Å². The highest BCUT2D eigenvalue weighted by atomic mass is 32.1. The maximum atomic E-state index is 12.6. The number of nitrogens with zero attached hydrogens (tertiary/aromatic N) is 1.